The van der Waals surface area contributed by atoms with Gasteiger partial charge in [0.05, 0.1) is 31.7 Å². The lowest BCUT2D eigenvalue weighted by Crippen LogP contribution is -2.57. The number of carbonyl (C=O) groups is 3. The van der Waals surface area contributed by atoms with Gasteiger partial charge in [-0.05, 0) is 61.1 Å². The number of rotatable bonds is 7. The smallest absolute Gasteiger partial charge is 0.316 e. The molecule has 174 valence electrons. The molecule has 0 radical (unpaired) electrons. The Kier molecular flexibility index (Phi) is 5.72. The first-order valence-corrected chi connectivity index (χ1v) is 11.3. The standard InChI is InChI=1S/C25H32O7/c1-16-5-10-24-14-25(24,22(28)29-4)11-7-20(32-18(3)27)21(24)23(16,15-31-17(2)26)9-6-19-8-12-30-13-19/h7-8,11-13,16,20-21H,5-6,9-10,14-15H2,1-4H3/t16-,20+,21-,23-,24+,25+/m1/s1. The Balaban J connectivity index is 1.80. The summed E-state index contributed by atoms with van der Waals surface area (Å²) >= 11 is 0. The zero-order valence-electron chi connectivity index (χ0n) is 19.2. The first-order chi connectivity index (χ1) is 15.2. The van der Waals surface area contributed by atoms with Crippen LogP contribution in [-0.4, -0.2) is 37.7 Å². The highest BCUT2D eigenvalue weighted by molar-refractivity contribution is 5.85. The average Bonchev–Trinajstić information content (AvgIpc) is 3.12. The molecule has 1 aromatic rings. The number of carbonyl (C=O) groups excluding carboxylic acids is 3. The lowest BCUT2D eigenvalue weighted by Gasteiger charge is -2.56. The van der Waals surface area contributed by atoms with Crippen LogP contribution in [0.5, 0.6) is 0 Å². The largest absolute Gasteiger partial charge is 0.472 e. The quantitative estimate of drug-likeness (QED) is 0.358. The monoisotopic (exact) mass is 444 g/mol. The van der Waals surface area contributed by atoms with E-state index in [0.29, 0.717) is 6.42 Å². The molecule has 1 spiro atoms. The predicted octanol–water partition coefficient (Wildman–Crippen LogP) is 3.86. The third-order valence-corrected chi connectivity index (χ3v) is 8.33. The predicted molar refractivity (Wildman–Crippen MR) is 114 cm³/mol. The second-order valence-corrected chi connectivity index (χ2v) is 9.79. The molecule has 7 heteroatoms. The Labute approximate surface area is 188 Å². The second-order valence-electron chi connectivity index (χ2n) is 9.79. The molecule has 1 heterocycles. The van der Waals surface area contributed by atoms with Gasteiger partial charge < -0.3 is 18.6 Å². The minimum absolute atomic E-state index is 0.169. The van der Waals surface area contributed by atoms with Gasteiger partial charge in [-0.15, -0.1) is 0 Å². The molecular formula is C25H32O7. The van der Waals surface area contributed by atoms with E-state index in [4.69, 9.17) is 18.6 Å². The minimum atomic E-state index is -0.708. The summed E-state index contributed by atoms with van der Waals surface area (Å²) in [5.74, 6) is -0.922. The van der Waals surface area contributed by atoms with Crippen LogP contribution in [0.4, 0.5) is 0 Å². The molecule has 0 saturated heterocycles. The first-order valence-electron chi connectivity index (χ1n) is 11.3. The Morgan fingerprint density at radius 1 is 1.22 bits per heavy atom. The van der Waals surface area contributed by atoms with E-state index in [1.165, 1.54) is 21.0 Å². The van der Waals surface area contributed by atoms with Crippen molar-refractivity contribution in [3.8, 4) is 0 Å². The van der Waals surface area contributed by atoms with Crippen LogP contribution in [0, 0.1) is 28.1 Å². The molecule has 2 fully saturated rings. The Bertz CT molecular complexity index is 919. The number of aryl methyl sites for hydroxylation is 1. The van der Waals surface area contributed by atoms with Gasteiger partial charge in [-0.25, -0.2) is 0 Å². The molecule has 7 nitrogen and oxygen atoms in total. The molecule has 1 aromatic heterocycles. The highest BCUT2D eigenvalue weighted by Crippen LogP contribution is 2.80. The van der Waals surface area contributed by atoms with Crippen molar-refractivity contribution >= 4 is 17.9 Å². The summed E-state index contributed by atoms with van der Waals surface area (Å²) in [6.07, 6.45) is 10.5. The maximum atomic E-state index is 12.9. The average molecular weight is 445 g/mol. The zero-order chi connectivity index (χ0) is 23.1. The molecule has 0 aliphatic heterocycles. The lowest BCUT2D eigenvalue weighted by molar-refractivity contribution is -0.178. The fourth-order valence-electron chi connectivity index (χ4n) is 6.74. The third kappa shape index (κ3) is 3.37. The van der Waals surface area contributed by atoms with E-state index < -0.39 is 16.9 Å². The SMILES string of the molecule is COC(=O)[C@@]12C=C[C@H](OC(C)=O)[C@@H]3[C@](CCc4ccoc4)(COC(C)=O)[C@H](C)CC[C@]31C2. The molecule has 0 amide bonds. The van der Waals surface area contributed by atoms with Gasteiger partial charge in [0.15, 0.2) is 0 Å². The summed E-state index contributed by atoms with van der Waals surface area (Å²) in [6, 6.07) is 1.93. The summed E-state index contributed by atoms with van der Waals surface area (Å²) in [5, 5.41) is 0. The Morgan fingerprint density at radius 2 is 2.00 bits per heavy atom. The van der Waals surface area contributed by atoms with E-state index in [0.717, 1.165) is 31.2 Å². The van der Waals surface area contributed by atoms with Crippen molar-refractivity contribution in [2.75, 3.05) is 13.7 Å². The summed E-state index contributed by atoms with van der Waals surface area (Å²) in [5.41, 5.74) is -0.496. The number of esters is 3. The van der Waals surface area contributed by atoms with Gasteiger partial charge in [0, 0.05) is 25.2 Å². The summed E-state index contributed by atoms with van der Waals surface area (Å²) in [7, 11) is 1.42. The maximum absolute atomic E-state index is 12.9. The van der Waals surface area contributed by atoms with Gasteiger partial charge in [0.25, 0.3) is 0 Å². The van der Waals surface area contributed by atoms with Gasteiger partial charge in [0.1, 0.15) is 6.10 Å². The van der Waals surface area contributed by atoms with E-state index in [1.807, 2.05) is 18.2 Å². The van der Waals surface area contributed by atoms with Gasteiger partial charge in [-0.2, -0.15) is 0 Å². The molecule has 3 aliphatic carbocycles. The molecule has 3 aliphatic rings. The molecular weight excluding hydrogens is 412 g/mol. The van der Waals surface area contributed by atoms with Crippen molar-refractivity contribution in [1.82, 2.24) is 0 Å². The van der Waals surface area contributed by atoms with E-state index in [9.17, 15) is 14.4 Å². The van der Waals surface area contributed by atoms with E-state index in [2.05, 4.69) is 6.92 Å². The highest BCUT2D eigenvalue weighted by atomic mass is 16.5. The molecule has 4 rings (SSSR count). The van der Waals surface area contributed by atoms with Crippen molar-refractivity contribution in [2.24, 2.45) is 28.1 Å². The number of hydrogen-bond acceptors (Lipinski definition) is 7. The van der Waals surface area contributed by atoms with Gasteiger partial charge in [0.2, 0.25) is 0 Å². The fourth-order valence-corrected chi connectivity index (χ4v) is 6.74. The van der Waals surface area contributed by atoms with Crippen LogP contribution >= 0.6 is 0 Å². The van der Waals surface area contributed by atoms with Crippen LogP contribution < -0.4 is 0 Å². The van der Waals surface area contributed by atoms with Crippen LogP contribution in [0.2, 0.25) is 0 Å². The normalized spacial score (nSPS) is 37.1. The summed E-state index contributed by atoms with van der Waals surface area (Å²) < 4.78 is 22.0. The molecule has 2 saturated carbocycles. The molecule has 0 N–H and O–H groups in total. The lowest BCUT2D eigenvalue weighted by atomic mass is 9.49. The van der Waals surface area contributed by atoms with E-state index in [-0.39, 0.29) is 41.8 Å². The third-order valence-electron chi connectivity index (χ3n) is 8.33. The van der Waals surface area contributed by atoms with Gasteiger partial charge in [-0.1, -0.05) is 13.0 Å². The number of hydrogen-bond donors (Lipinski definition) is 0. The van der Waals surface area contributed by atoms with Crippen LogP contribution in [0.15, 0.2) is 35.2 Å². The molecule has 32 heavy (non-hydrogen) atoms. The molecule has 0 unspecified atom stereocenters. The van der Waals surface area contributed by atoms with E-state index >= 15 is 0 Å². The summed E-state index contributed by atoms with van der Waals surface area (Å²) in [4.78, 5) is 36.8. The maximum Gasteiger partial charge on any atom is 0.316 e. The van der Waals surface area contributed by atoms with Gasteiger partial charge >= 0.3 is 17.9 Å². The summed E-state index contributed by atoms with van der Waals surface area (Å²) in [6.45, 7) is 5.21. The minimum Gasteiger partial charge on any atom is -0.472 e. The van der Waals surface area contributed by atoms with Crippen LogP contribution in [0.3, 0.4) is 0 Å². The fraction of sp³-hybridized carbons (Fsp3) is 0.640. The molecule has 6 atom stereocenters. The van der Waals surface area contributed by atoms with Crippen LogP contribution in [-0.2, 0) is 35.0 Å². The second kappa shape index (κ2) is 8.09. The molecule has 0 bridgehead atoms. The topological polar surface area (TPSA) is 92.0 Å². The first kappa shape index (κ1) is 22.6. The zero-order valence-corrected chi connectivity index (χ0v) is 19.2. The van der Waals surface area contributed by atoms with Crippen molar-refractivity contribution in [3.63, 3.8) is 0 Å². The van der Waals surface area contributed by atoms with Crippen molar-refractivity contribution in [1.29, 1.82) is 0 Å². The van der Waals surface area contributed by atoms with Crippen LogP contribution in [0.1, 0.15) is 52.0 Å². The van der Waals surface area contributed by atoms with E-state index in [1.54, 1.807) is 12.5 Å². The highest BCUT2D eigenvalue weighted by Gasteiger charge is 2.80. The van der Waals surface area contributed by atoms with Crippen molar-refractivity contribution in [3.05, 3.63) is 36.3 Å². The van der Waals surface area contributed by atoms with Crippen molar-refractivity contribution < 1.29 is 33.0 Å². The van der Waals surface area contributed by atoms with Crippen molar-refractivity contribution in [2.45, 2.75) is 59.0 Å². The number of ether oxygens (including phenoxy) is 3. The number of methoxy groups -OCH3 is 1. The van der Waals surface area contributed by atoms with Crippen LogP contribution in [0.25, 0.3) is 0 Å². The Hall–Kier alpha value is -2.57. The Morgan fingerprint density at radius 3 is 2.62 bits per heavy atom. The molecule has 0 aromatic carbocycles. The number of furan rings is 1. The van der Waals surface area contributed by atoms with Gasteiger partial charge in [-0.3, -0.25) is 14.4 Å².